The van der Waals surface area contributed by atoms with Gasteiger partial charge in [0.1, 0.15) is 0 Å². The van der Waals surface area contributed by atoms with Crippen molar-refractivity contribution in [3.8, 4) is 0 Å². The SMILES string of the molecule is CC(C)N(C)C(=O)OCCl. The van der Waals surface area contributed by atoms with Crippen molar-refractivity contribution in [1.29, 1.82) is 0 Å². The van der Waals surface area contributed by atoms with Crippen molar-refractivity contribution in [2.45, 2.75) is 19.9 Å². The maximum atomic E-state index is 10.8. The van der Waals surface area contributed by atoms with Crippen LogP contribution in [0.2, 0.25) is 0 Å². The van der Waals surface area contributed by atoms with Crippen LogP contribution in [0, 0.1) is 0 Å². The first-order chi connectivity index (χ1) is 4.59. The molecule has 0 fully saturated rings. The van der Waals surface area contributed by atoms with Crippen LogP contribution < -0.4 is 0 Å². The highest BCUT2D eigenvalue weighted by Crippen LogP contribution is 1.97. The number of hydrogen-bond acceptors (Lipinski definition) is 2. The smallest absolute Gasteiger partial charge is 0.410 e. The zero-order chi connectivity index (χ0) is 8.15. The lowest BCUT2D eigenvalue weighted by Gasteiger charge is -2.19. The first-order valence-electron chi connectivity index (χ1n) is 3.05. The van der Waals surface area contributed by atoms with Crippen LogP contribution in [0.4, 0.5) is 4.79 Å². The highest BCUT2D eigenvalue weighted by atomic mass is 35.5. The van der Waals surface area contributed by atoms with Crippen LogP contribution in [0.3, 0.4) is 0 Å². The zero-order valence-electron chi connectivity index (χ0n) is 6.43. The van der Waals surface area contributed by atoms with Gasteiger partial charge < -0.3 is 9.64 Å². The Morgan fingerprint density at radius 2 is 2.20 bits per heavy atom. The van der Waals surface area contributed by atoms with Gasteiger partial charge in [-0.3, -0.25) is 0 Å². The summed E-state index contributed by atoms with van der Waals surface area (Å²) >= 11 is 5.18. The lowest BCUT2D eigenvalue weighted by atomic mass is 10.4. The summed E-state index contributed by atoms with van der Waals surface area (Å²) in [5.41, 5.74) is 0. The van der Waals surface area contributed by atoms with E-state index in [4.69, 9.17) is 11.6 Å². The number of ether oxygens (including phenoxy) is 1. The van der Waals surface area contributed by atoms with E-state index >= 15 is 0 Å². The van der Waals surface area contributed by atoms with Crippen molar-refractivity contribution in [1.82, 2.24) is 4.90 Å². The molecule has 0 N–H and O–H groups in total. The Balaban J connectivity index is 3.71. The summed E-state index contributed by atoms with van der Waals surface area (Å²) in [6.45, 7) is 3.80. The molecule has 4 heteroatoms. The molecule has 0 rings (SSSR count). The minimum atomic E-state index is -0.384. The van der Waals surface area contributed by atoms with Gasteiger partial charge in [0.2, 0.25) is 0 Å². The second kappa shape index (κ2) is 4.39. The first kappa shape index (κ1) is 9.56. The Morgan fingerprint density at radius 1 is 1.70 bits per heavy atom. The molecule has 3 nitrogen and oxygen atoms in total. The highest BCUT2D eigenvalue weighted by Gasteiger charge is 2.11. The maximum Gasteiger partial charge on any atom is 0.410 e. The predicted molar refractivity (Wildman–Crippen MR) is 40.1 cm³/mol. The summed E-state index contributed by atoms with van der Waals surface area (Å²) in [4.78, 5) is 12.3. The average Bonchev–Trinajstić information content (AvgIpc) is 1.87. The standard InChI is InChI=1S/C6H12ClNO2/c1-5(2)8(3)6(9)10-4-7/h5H,4H2,1-3H3. The predicted octanol–water partition coefficient (Wildman–Crippen LogP) is 1.66. The normalized spacial score (nSPS) is 9.70. The molecule has 0 saturated carbocycles. The molecule has 10 heavy (non-hydrogen) atoms. The summed E-state index contributed by atoms with van der Waals surface area (Å²) in [7, 11) is 1.67. The molecule has 0 aliphatic carbocycles. The van der Waals surface area contributed by atoms with Crippen LogP contribution in [-0.4, -0.2) is 30.1 Å². The summed E-state index contributed by atoms with van der Waals surface area (Å²) in [5.74, 6) is 0. The van der Waals surface area contributed by atoms with Crippen molar-refractivity contribution < 1.29 is 9.53 Å². The van der Waals surface area contributed by atoms with E-state index in [0.717, 1.165) is 0 Å². The molecule has 1 amide bonds. The van der Waals surface area contributed by atoms with E-state index in [2.05, 4.69) is 4.74 Å². The van der Waals surface area contributed by atoms with Gasteiger partial charge in [0, 0.05) is 13.1 Å². The molecule has 60 valence electrons. The molecule has 0 aromatic rings. The number of amides is 1. The molecule has 0 heterocycles. The Kier molecular flexibility index (Phi) is 4.19. The summed E-state index contributed by atoms with van der Waals surface area (Å²) in [6.07, 6.45) is -0.384. The Bertz CT molecular complexity index is 116. The summed E-state index contributed by atoms with van der Waals surface area (Å²) < 4.78 is 4.52. The monoisotopic (exact) mass is 165 g/mol. The molecule has 0 unspecified atom stereocenters. The van der Waals surface area contributed by atoms with E-state index in [1.165, 1.54) is 4.90 Å². The quantitative estimate of drug-likeness (QED) is 0.583. The second-order valence-electron chi connectivity index (χ2n) is 2.22. The molecule has 0 radical (unpaired) electrons. The molecule has 0 saturated heterocycles. The molecule has 0 spiro atoms. The number of carbonyl (C=O) groups is 1. The van der Waals surface area contributed by atoms with Gasteiger partial charge in [-0.2, -0.15) is 0 Å². The number of carbonyl (C=O) groups excluding carboxylic acids is 1. The zero-order valence-corrected chi connectivity index (χ0v) is 7.18. The molecule has 0 aromatic carbocycles. The lowest BCUT2D eigenvalue weighted by molar-refractivity contribution is 0.117. The number of rotatable bonds is 2. The van der Waals surface area contributed by atoms with E-state index in [0.29, 0.717) is 0 Å². The molecular weight excluding hydrogens is 154 g/mol. The largest absolute Gasteiger partial charge is 0.433 e. The van der Waals surface area contributed by atoms with Gasteiger partial charge in [0.05, 0.1) is 0 Å². The van der Waals surface area contributed by atoms with Crippen LogP contribution >= 0.6 is 11.6 Å². The van der Waals surface area contributed by atoms with E-state index < -0.39 is 0 Å². The molecular formula is C6H12ClNO2. The van der Waals surface area contributed by atoms with Crippen LogP contribution in [0.25, 0.3) is 0 Å². The van der Waals surface area contributed by atoms with E-state index in [1.54, 1.807) is 7.05 Å². The van der Waals surface area contributed by atoms with Crippen LogP contribution in [0.15, 0.2) is 0 Å². The van der Waals surface area contributed by atoms with Crippen LogP contribution in [0.5, 0.6) is 0 Å². The second-order valence-corrected chi connectivity index (χ2v) is 2.44. The molecule has 0 aliphatic rings. The number of halogens is 1. The van der Waals surface area contributed by atoms with Gasteiger partial charge in [-0.25, -0.2) is 4.79 Å². The molecule has 0 aliphatic heterocycles. The number of alkyl halides is 1. The summed E-state index contributed by atoms with van der Waals surface area (Å²) in [5, 5.41) is 0. The van der Waals surface area contributed by atoms with Gasteiger partial charge in [-0.1, -0.05) is 11.6 Å². The highest BCUT2D eigenvalue weighted by molar-refractivity contribution is 6.17. The Morgan fingerprint density at radius 3 is 2.50 bits per heavy atom. The fourth-order valence-electron chi connectivity index (χ4n) is 0.359. The molecule has 0 atom stereocenters. The average molecular weight is 166 g/mol. The van der Waals surface area contributed by atoms with Crippen molar-refractivity contribution in [2.75, 3.05) is 13.1 Å². The Labute approximate surface area is 65.9 Å². The summed E-state index contributed by atoms with van der Waals surface area (Å²) in [6, 6.07) is 0.0614. The fraction of sp³-hybridized carbons (Fsp3) is 0.833. The van der Waals surface area contributed by atoms with Crippen LogP contribution in [-0.2, 0) is 4.74 Å². The molecule has 0 bridgehead atoms. The minimum absolute atomic E-state index is 0.0874. The Hall–Kier alpha value is -0.440. The molecule has 0 aromatic heterocycles. The third-order valence-corrected chi connectivity index (χ3v) is 1.35. The van der Waals surface area contributed by atoms with Gasteiger partial charge in [0.15, 0.2) is 6.07 Å². The third kappa shape index (κ3) is 2.92. The number of nitrogens with zero attached hydrogens (tertiary/aromatic N) is 1. The van der Waals surface area contributed by atoms with Crippen molar-refractivity contribution in [3.63, 3.8) is 0 Å². The van der Waals surface area contributed by atoms with Gasteiger partial charge >= 0.3 is 6.09 Å². The first-order valence-corrected chi connectivity index (χ1v) is 3.58. The van der Waals surface area contributed by atoms with E-state index in [9.17, 15) is 4.79 Å². The van der Waals surface area contributed by atoms with Gasteiger partial charge in [-0.15, -0.1) is 0 Å². The van der Waals surface area contributed by atoms with E-state index in [-0.39, 0.29) is 18.2 Å². The minimum Gasteiger partial charge on any atom is -0.433 e. The fourth-order valence-corrected chi connectivity index (χ4v) is 0.453. The topological polar surface area (TPSA) is 29.5 Å². The van der Waals surface area contributed by atoms with Crippen molar-refractivity contribution in [2.24, 2.45) is 0 Å². The van der Waals surface area contributed by atoms with Gasteiger partial charge in [-0.05, 0) is 13.8 Å². The van der Waals surface area contributed by atoms with Crippen molar-refractivity contribution in [3.05, 3.63) is 0 Å². The lowest BCUT2D eigenvalue weighted by Crippen LogP contribution is -2.33. The van der Waals surface area contributed by atoms with E-state index in [1.807, 2.05) is 13.8 Å². The maximum absolute atomic E-state index is 10.8. The number of hydrogen-bond donors (Lipinski definition) is 0. The van der Waals surface area contributed by atoms with Gasteiger partial charge in [0.25, 0.3) is 0 Å². The third-order valence-electron chi connectivity index (χ3n) is 1.24. The van der Waals surface area contributed by atoms with Crippen molar-refractivity contribution >= 4 is 17.7 Å². The van der Waals surface area contributed by atoms with Crippen LogP contribution in [0.1, 0.15) is 13.8 Å².